The van der Waals surface area contributed by atoms with Crippen LogP contribution in [0, 0.1) is 6.92 Å². The van der Waals surface area contributed by atoms with Gasteiger partial charge in [-0.15, -0.1) is 0 Å². The fourth-order valence-corrected chi connectivity index (χ4v) is 4.96. The Morgan fingerprint density at radius 2 is 1.85 bits per heavy atom. The molecule has 0 spiro atoms. The predicted octanol–water partition coefficient (Wildman–Crippen LogP) is 5.30. The minimum Gasteiger partial charge on any atom is -0.343 e. The normalized spacial score (nSPS) is 18.4. The number of nitrogens with one attached hydrogen (secondary N) is 1. The first kappa shape index (κ1) is 20.7. The second-order valence-electron chi connectivity index (χ2n) is 9.15. The quantitative estimate of drug-likeness (QED) is 0.388. The Hall–Kier alpha value is -3.84. The van der Waals surface area contributed by atoms with Gasteiger partial charge in [0.2, 0.25) is 0 Å². The predicted molar refractivity (Wildman–Crippen MR) is 134 cm³/mol. The zero-order valence-corrected chi connectivity index (χ0v) is 19.1. The van der Waals surface area contributed by atoms with Crippen molar-refractivity contribution in [3.8, 4) is 33.8 Å². The van der Waals surface area contributed by atoms with Gasteiger partial charge in [0, 0.05) is 46.2 Å². The number of nitrogens with two attached hydrogens (primary N) is 1. The highest BCUT2D eigenvalue weighted by Gasteiger charge is 2.24. The highest BCUT2D eigenvalue weighted by Crippen LogP contribution is 2.32. The number of hydrogen-bond acceptors (Lipinski definition) is 5. The molecule has 0 bridgehead atoms. The number of aromatic amines is 1. The van der Waals surface area contributed by atoms with Crippen LogP contribution in [-0.2, 0) is 0 Å². The molecule has 5 aromatic rings. The van der Waals surface area contributed by atoms with Crippen LogP contribution in [0.4, 0.5) is 0 Å². The van der Waals surface area contributed by atoms with Crippen molar-refractivity contribution in [1.82, 2.24) is 29.7 Å². The number of rotatable bonds is 4. The van der Waals surface area contributed by atoms with Gasteiger partial charge in [-0.2, -0.15) is 5.10 Å². The Kier molecular flexibility index (Phi) is 5.19. The topological polar surface area (TPSA) is 98.3 Å². The molecule has 1 aliphatic rings. The maximum Gasteiger partial charge on any atom is 0.0977 e. The van der Waals surface area contributed by atoms with Crippen LogP contribution in [0.25, 0.3) is 44.7 Å². The molecule has 1 fully saturated rings. The Morgan fingerprint density at radius 3 is 2.74 bits per heavy atom. The van der Waals surface area contributed by atoms with E-state index >= 15 is 0 Å². The molecule has 0 amide bonds. The summed E-state index contributed by atoms with van der Waals surface area (Å²) in [5, 5.41) is 5.70. The van der Waals surface area contributed by atoms with Crippen LogP contribution in [0.15, 0.2) is 67.4 Å². The molecule has 6 rings (SSSR count). The third kappa shape index (κ3) is 3.78. The summed E-state index contributed by atoms with van der Waals surface area (Å²) >= 11 is 0. The fraction of sp³-hybridized carbons (Fsp3) is 0.259. The Labute approximate surface area is 198 Å². The van der Waals surface area contributed by atoms with Crippen molar-refractivity contribution < 1.29 is 0 Å². The minimum atomic E-state index is 0.171. The Balaban J connectivity index is 1.35. The average Bonchev–Trinajstić information content (AvgIpc) is 3.54. The molecule has 34 heavy (non-hydrogen) atoms. The second-order valence-corrected chi connectivity index (χ2v) is 9.15. The van der Waals surface area contributed by atoms with Crippen molar-refractivity contribution in [3.05, 3.63) is 73.1 Å². The van der Waals surface area contributed by atoms with E-state index in [9.17, 15) is 0 Å². The summed E-state index contributed by atoms with van der Waals surface area (Å²) < 4.78 is 2.05. The molecule has 0 aliphatic heterocycles. The van der Waals surface area contributed by atoms with Crippen molar-refractivity contribution in [1.29, 1.82) is 0 Å². The number of H-pyrrole nitrogens is 1. The maximum atomic E-state index is 6.37. The average molecular weight is 450 g/mol. The van der Waals surface area contributed by atoms with Crippen LogP contribution in [0.2, 0.25) is 0 Å². The molecule has 1 aromatic carbocycles. The molecule has 1 saturated carbocycles. The first-order chi connectivity index (χ1) is 16.7. The SMILES string of the molecule is Cc1cccc(-c2[nH]cnc2-c2ccc3ncc(-c4cnn([C@@H]5CCCC[C@H]5N)c4)cc3c2)n1. The summed E-state index contributed by atoms with van der Waals surface area (Å²) in [5.41, 5.74) is 14.1. The number of aromatic nitrogens is 6. The van der Waals surface area contributed by atoms with Crippen LogP contribution in [0.3, 0.4) is 0 Å². The van der Waals surface area contributed by atoms with E-state index in [4.69, 9.17) is 10.7 Å². The van der Waals surface area contributed by atoms with Gasteiger partial charge < -0.3 is 10.7 Å². The second kappa shape index (κ2) is 8.50. The van der Waals surface area contributed by atoms with Crippen LogP contribution in [-0.4, -0.2) is 35.8 Å². The van der Waals surface area contributed by atoms with E-state index in [0.29, 0.717) is 0 Å². The lowest BCUT2D eigenvalue weighted by molar-refractivity contribution is 0.286. The smallest absolute Gasteiger partial charge is 0.0977 e. The number of aryl methyl sites for hydroxylation is 1. The van der Waals surface area contributed by atoms with Gasteiger partial charge in [0.15, 0.2) is 0 Å². The molecule has 170 valence electrons. The first-order valence-corrected chi connectivity index (χ1v) is 11.8. The molecular formula is C27H27N7. The van der Waals surface area contributed by atoms with Crippen molar-refractivity contribution >= 4 is 10.9 Å². The summed E-state index contributed by atoms with van der Waals surface area (Å²) in [7, 11) is 0. The molecule has 7 heteroatoms. The van der Waals surface area contributed by atoms with E-state index in [1.807, 2.05) is 48.3 Å². The summed E-state index contributed by atoms with van der Waals surface area (Å²) in [4.78, 5) is 17.2. The number of fused-ring (bicyclic) bond motifs is 1. The highest BCUT2D eigenvalue weighted by atomic mass is 15.3. The molecule has 4 heterocycles. The van der Waals surface area contributed by atoms with Crippen LogP contribution >= 0.6 is 0 Å². The number of nitrogens with zero attached hydrogens (tertiary/aromatic N) is 5. The lowest BCUT2D eigenvalue weighted by Gasteiger charge is -2.28. The zero-order chi connectivity index (χ0) is 23.1. The first-order valence-electron chi connectivity index (χ1n) is 11.8. The molecule has 0 unspecified atom stereocenters. The van der Waals surface area contributed by atoms with Gasteiger partial charge in [0.25, 0.3) is 0 Å². The molecule has 1 aliphatic carbocycles. The fourth-order valence-electron chi connectivity index (χ4n) is 4.96. The van der Waals surface area contributed by atoms with Crippen LogP contribution in [0.1, 0.15) is 37.4 Å². The van der Waals surface area contributed by atoms with Gasteiger partial charge in [-0.25, -0.2) is 4.98 Å². The summed E-state index contributed by atoms with van der Waals surface area (Å²) in [6.45, 7) is 1.99. The number of benzene rings is 1. The molecule has 3 N–H and O–H groups in total. The van der Waals surface area contributed by atoms with Crippen molar-refractivity contribution in [2.75, 3.05) is 0 Å². The molecular weight excluding hydrogens is 422 g/mol. The maximum absolute atomic E-state index is 6.37. The van der Waals surface area contributed by atoms with E-state index in [2.05, 4.69) is 44.4 Å². The third-order valence-electron chi connectivity index (χ3n) is 6.79. The monoisotopic (exact) mass is 449 g/mol. The Bertz CT molecular complexity index is 1460. The van der Waals surface area contributed by atoms with Crippen molar-refractivity contribution in [2.24, 2.45) is 5.73 Å². The van der Waals surface area contributed by atoms with Crippen LogP contribution < -0.4 is 5.73 Å². The molecule has 7 nitrogen and oxygen atoms in total. The van der Waals surface area contributed by atoms with E-state index in [-0.39, 0.29) is 12.1 Å². The van der Waals surface area contributed by atoms with Gasteiger partial charge in [-0.05, 0) is 50.1 Å². The Morgan fingerprint density at radius 1 is 0.971 bits per heavy atom. The van der Waals surface area contributed by atoms with Crippen molar-refractivity contribution in [2.45, 2.75) is 44.7 Å². The largest absolute Gasteiger partial charge is 0.343 e. The zero-order valence-electron chi connectivity index (χ0n) is 19.1. The molecule has 0 radical (unpaired) electrons. The van der Waals surface area contributed by atoms with E-state index in [1.165, 1.54) is 12.8 Å². The van der Waals surface area contributed by atoms with E-state index in [1.54, 1.807) is 6.33 Å². The lowest BCUT2D eigenvalue weighted by atomic mass is 9.91. The molecule has 4 aromatic heterocycles. The van der Waals surface area contributed by atoms with Crippen LogP contribution in [0.5, 0.6) is 0 Å². The third-order valence-corrected chi connectivity index (χ3v) is 6.79. The highest BCUT2D eigenvalue weighted by molar-refractivity contribution is 5.89. The minimum absolute atomic E-state index is 0.171. The lowest BCUT2D eigenvalue weighted by Crippen LogP contribution is -2.35. The van der Waals surface area contributed by atoms with E-state index < -0.39 is 0 Å². The van der Waals surface area contributed by atoms with Crippen molar-refractivity contribution in [3.63, 3.8) is 0 Å². The standard InChI is InChI=1S/C27H27N7/c1-17-5-4-7-24(33-17)27-26(30-16-31-27)18-9-10-23-19(11-18)12-20(13-29-23)21-14-32-34(15-21)25-8-3-2-6-22(25)28/h4-5,7,9-16,22,25H,2-3,6,8,28H2,1H3,(H,30,31)/t22-,25-/m1/s1. The van der Waals surface area contributed by atoms with E-state index in [0.717, 1.165) is 63.2 Å². The number of pyridine rings is 2. The molecule has 0 saturated heterocycles. The van der Waals surface area contributed by atoms with Gasteiger partial charge in [-0.3, -0.25) is 14.6 Å². The summed E-state index contributed by atoms with van der Waals surface area (Å²) in [5.74, 6) is 0. The van der Waals surface area contributed by atoms with Gasteiger partial charge >= 0.3 is 0 Å². The summed E-state index contributed by atoms with van der Waals surface area (Å²) in [6, 6.07) is 14.9. The number of imidazole rings is 1. The van der Waals surface area contributed by atoms with Gasteiger partial charge in [-0.1, -0.05) is 25.0 Å². The molecule has 2 atom stereocenters. The van der Waals surface area contributed by atoms with Gasteiger partial charge in [0.05, 0.1) is 41.2 Å². The van der Waals surface area contributed by atoms with Gasteiger partial charge in [0.1, 0.15) is 0 Å². The number of hydrogen-bond donors (Lipinski definition) is 2. The summed E-state index contributed by atoms with van der Waals surface area (Å²) in [6.07, 6.45) is 12.2.